The first-order valence-corrected chi connectivity index (χ1v) is 5.92. The van der Waals surface area contributed by atoms with E-state index in [0.717, 1.165) is 19.6 Å². The lowest BCUT2D eigenvalue weighted by Gasteiger charge is -2.49. The highest BCUT2D eigenvalue weighted by molar-refractivity contribution is 5.70. The number of ether oxygens (including phenoxy) is 1. The maximum Gasteiger partial charge on any atom is 0.307 e. The van der Waals surface area contributed by atoms with Crippen molar-refractivity contribution < 1.29 is 9.53 Å². The van der Waals surface area contributed by atoms with Gasteiger partial charge in [0.1, 0.15) is 0 Å². The van der Waals surface area contributed by atoms with E-state index in [0.29, 0.717) is 6.42 Å². The number of hydrogen-bond acceptors (Lipinski definition) is 4. The number of rotatable bonds is 3. The Balaban J connectivity index is 2.67. The molecule has 0 N–H and O–H groups in total. The third kappa shape index (κ3) is 2.95. The fourth-order valence-electron chi connectivity index (χ4n) is 2.26. The molecule has 0 aromatic carbocycles. The summed E-state index contributed by atoms with van der Waals surface area (Å²) >= 11 is 0. The Kier molecular flexibility index (Phi) is 4.33. The highest BCUT2D eigenvalue weighted by atomic mass is 16.5. The van der Waals surface area contributed by atoms with Gasteiger partial charge in [0.25, 0.3) is 0 Å². The van der Waals surface area contributed by atoms with Crippen molar-refractivity contribution in [2.75, 3.05) is 33.8 Å². The monoisotopic (exact) mass is 228 g/mol. The first-order valence-electron chi connectivity index (χ1n) is 5.92. The van der Waals surface area contributed by atoms with E-state index in [2.05, 4.69) is 37.6 Å². The number of methoxy groups -OCH3 is 1. The van der Waals surface area contributed by atoms with Gasteiger partial charge >= 0.3 is 5.97 Å². The summed E-state index contributed by atoms with van der Waals surface area (Å²) in [5.74, 6) is -0.114. The molecule has 1 atom stereocenters. The summed E-state index contributed by atoms with van der Waals surface area (Å²) in [6, 6.07) is 0.287. The molecule has 0 aromatic rings. The lowest BCUT2D eigenvalue weighted by Crippen LogP contribution is -2.62. The Morgan fingerprint density at radius 3 is 2.62 bits per heavy atom. The molecule has 0 spiro atoms. The van der Waals surface area contributed by atoms with Crippen molar-refractivity contribution >= 4 is 5.97 Å². The number of nitrogens with zero attached hydrogens (tertiary/aromatic N) is 2. The minimum Gasteiger partial charge on any atom is -0.469 e. The van der Waals surface area contributed by atoms with Gasteiger partial charge in [0.2, 0.25) is 0 Å². The molecule has 4 nitrogen and oxygen atoms in total. The quantitative estimate of drug-likeness (QED) is 0.674. The van der Waals surface area contributed by atoms with Gasteiger partial charge in [-0.1, -0.05) is 6.92 Å². The minimum absolute atomic E-state index is 0.114. The van der Waals surface area contributed by atoms with Crippen LogP contribution >= 0.6 is 0 Å². The van der Waals surface area contributed by atoms with Gasteiger partial charge in [-0.2, -0.15) is 0 Å². The molecule has 16 heavy (non-hydrogen) atoms. The zero-order chi connectivity index (χ0) is 12.3. The Morgan fingerprint density at radius 2 is 2.12 bits per heavy atom. The van der Waals surface area contributed by atoms with Gasteiger partial charge in [0, 0.05) is 24.7 Å². The van der Waals surface area contributed by atoms with Crippen molar-refractivity contribution in [3.8, 4) is 0 Å². The van der Waals surface area contributed by atoms with Crippen molar-refractivity contribution in [3.63, 3.8) is 0 Å². The van der Waals surface area contributed by atoms with Crippen molar-refractivity contribution in [2.45, 2.75) is 38.8 Å². The largest absolute Gasteiger partial charge is 0.469 e. The molecule has 1 heterocycles. The van der Waals surface area contributed by atoms with E-state index in [9.17, 15) is 4.79 Å². The summed E-state index contributed by atoms with van der Waals surface area (Å²) in [4.78, 5) is 16.0. The third-order valence-corrected chi connectivity index (χ3v) is 3.66. The van der Waals surface area contributed by atoms with Crippen LogP contribution in [0.25, 0.3) is 0 Å². The number of carbonyl (C=O) groups excluding carboxylic acids is 1. The molecule has 1 aliphatic rings. The van der Waals surface area contributed by atoms with Gasteiger partial charge in [0.05, 0.1) is 13.5 Å². The number of piperazine rings is 1. The van der Waals surface area contributed by atoms with Gasteiger partial charge < -0.3 is 4.74 Å². The maximum absolute atomic E-state index is 11.3. The normalized spacial score (nSPS) is 26.7. The van der Waals surface area contributed by atoms with E-state index in [1.165, 1.54) is 7.11 Å². The predicted molar refractivity (Wildman–Crippen MR) is 64.4 cm³/mol. The van der Waals surface area contributed by atoms with Crippen LogP contribution in [0.5, 0.6) is 0 Å². The summed E-state index contributed by atoms with van der Waals surface area (Å²) in [6.07, 6.45) is 0.491. The first-order chi connectivity index (χ1) is 7.40. The molecule has 0 bridgehead atoms. The molecular weight excluding hydrogens is 204 g/mol. The average molecular weight is 228 g/mol. The van der Waals surface area contributed by atoms with E-state index in [1.54, 1.807) is 0 Å². The molecule has 1 fully saturated rings. The van der Waals surface area contributed by atoms with Gasteiger partial charge in [-0.3, -0.25) is 14.6 Å². The molecule has 1 rings (SSSR count). The van der Waals surface area contributed by atoms with E-state index in [-0.39, 0.29) is 17.6 Å². The van der Waals surface area contributed by atoms with Crippen LogP contribution in [0.15, 0.2) is 0 Å². The van der Waals surface area contributed by atoms with E-state index in [4.69, 9.17) is 4.74 Å². The SMILES string of the molecule is CCN1CC(C)(C)N(C)CC1CC(=O)OC. The van der Waals surface area contributed by atoms with Crippen LogP contribution in [0.4, 0.5) is 0 Å². The average Bonchev–Trinajstić information content (AvgIpc) is 2.23. The minimum atomic E-state index is -0.114. The summed E-state index contributed by atoms with van der Waals surface area (Å²) in [7, 11) is 3.58. The lowest BCUT2D eigenvalue weighted by molar-refractivity contribution is -0.143. The molecule has 94 valence electrons. The van der Waals surface area contributed by atoms with Crippen molar-refractivity contribution in [1.29, 1.82) is 0 Å². The Bertz CT molecular complexity index is 253. The molecule has 0 aliphatic carbocycles. The van der Waals surface area contributed by atoms with Gasteiger partial charge in [-0.15, -0.1) is 0 Å². The fraction of sp³-hybridized carbons (Fsp3) is 0.917. The molecule has 1 unspecified atom stereocenters. The topological polar surface area (TPSA) is 32.8 Å². The second kappa shape index (κ2) is 5.15. The van der Waals surface area contributed by atoms with Crippen molar-refractivity contribution in [1.82, 2.24) is 9.80 Å². The van der Waals surface area contributed by atoms with Gasteiger partial charge in [0.15, 0.2) is 0 Å². The summed E-state index contributed by atoms with van der Waals surface area (Å²) < 4.78 is 4.75. The molecule has 0 saturated carbocycles. The first kappa shape index (κ1) is 13.5. The van der Waals surface area contributed by atoms with Crippen molar-refractivity contribution in [3.05, 3.63) is 0 Å². The van der Waals surface area contributed by atoms with Crippen LogP contribution in [-0.4, -0.2) is 61.1 Å². The molecule has 0 amide bonds. The van der Waals surface area contributed by atoms with Crippen LogP contribution in [0, 0.1) is 0 Å². The molecule has 0 aromatic heterocycles. The van der Waals surface area contributed by atoms with Gasteiger partial charge in [-0.05, 0) is 27.4 Å². The van der Waals surface area contributed by atoms with Crippen LogP contribution in [0.3, 0.4) is 0 Å². The molecule has 0 radical (unpaired) electrons. The Morgan fingerprint density at radius 1 is 1.50 bits per heavy atom. The second-order valence-corrected chi connectivity index (χ2v) is 5.19. The third-order valence-electron chi connectivity index (χ3n) is 3.66. The summed E-state index contributed by atoms with van der Waals surface area (Å²) in [5.41, 5.74) is 0.183. The predicted octanol–water partition coefficient (Wildman–Crippen LogP) is 0.964. The van der Waals surface area contributed by atoms with Crippen LogP contribution < -0.4 is 0 Å². The zero-order valence-electron chi connectivity index (χ0n) is 11.1. The van der Waals surface area contributed by atoms with Crippen LogP contribution in [0.2, 0.25) is 0 Å². The molecular formula is C12H24N2O2. The summed E-state index contributed by atoms with van der Waals surface area (Å²) in [5, 5.41) is 0. The smallest absolute Gasteiger partial charge is 0.307 e. The highest BCUT2D eigenvalue weighted by Gasteiger charge is 2.36. The molecule has 1 aliphatic heterocycles. The molecule has 1 saturated heterocycles. The van der Waals surface area contributed by atoms with E-state index >= 15 is 0 Å². The number of esters is 1. The van der Waals surface area contributed by atoms with Crippen LogP contribution in [0.1, 0.15) is 27.2 Å². The van der Waals surface area contributed by atoms with Crippen molar-refractivity contribution in [2.24, 2.45) is 0 Å². The fourth-order valence-corrected chi connectivity index (χ4v) is 2.26. The highest BCUT2D eigenvalue weighted by Crippen LogP contribution is 2.24. The second-order valence-electron chi connectivity index (χ2n) is 5.19. The maximum atomic E-state index is 11.3. The van der Waals surface area contributed by atoms with Crippen LogP contribution in [-0.2, 0) is 9.53 Å². The van der Waals surface area contributed by atoms with E-state index in [1.807, 2.05) is 0 Å². The van der Waals surface area contributed by atoms with E-state index < -0.39 is 0 Å². The lowest BCUT2D eigenvalue weighted by atomic mass is 9.95. The molecule has 4 heteroatoms. The number of likely N-dealkylation sites (N-methyl/N-ethyl adjacent to an activating group) is 2. The standard InChI is InChI=1S/C12H24N2O2/c1-6-14-9-12(2,3)13(4)8-10(14)7-11(15)16-5/h10H,6-9H2,1-5H3. The Hall–Kier alpha value is -0.610. The number of hydrogen-bond donors (Lipinski definition) is 0. The zero-order valence-corrected chi connectivity index (χ0v) is 11.1. The summed E-state index contributed by atoms with van der Waals surface area (Å²) in [6.45, 7) is 9.54. The van der Waals surface area contributed by atoms with Gasteiger partial charge in [-0.25, -0.2) is 0 Å². The Labute approximate surface area is 98.5 Å². The number of carbonyl (C=O) groups is 1.